The molecule has 1 fully saturated rings. The molecule has 20 heavy (non-hydrogen) atoms. The van der Waals surface area contributed by atoms with Crippen LogP contribution in [-0.4, -0.2) is 34.2 Å². The molecule has 1 aromatic rings. The van der Waals surface area contributed by atoms with Crippen molar-refractivity contribution in [3.05, 3.63) is 48.0 Å². The fourth-order valence-electron chi connectivity index (χ4n) is 1.90. The predicted molar refractivity (Wildman–Crippen MR) is 69.0 cm³/mol. The highest BCUT2D eigenvalue weighted by Gasteiger charge is 2.43. The molecule has 6 heteroatoms. The van der Waals surface area contributed by atoms with E-state index < -0.39 is 17.8 Å². The number of amides is 4. The molecule has 0 bridgehead atoms. The maximum atomic E-state index is 12.0. The smallest absolute Gasteiger partial charge is 0.263 e. The van der Waals surface area contributed by atoms with Crippen LogP contribution in [0.15, 0.2) is 36.9 Å². The molecule has 0 aliphatic carbocycles. The number of benzene rings is 1. The summed E-state index contributed by atoms with van der Waals surface area (Å²) in [4.78, 5) is 37.1. The lowest BCUT2D eigenvalue weighted by Crippen LogP contribution is -2.33. The predicted octanol–water partition coefficient (Wildman–Crippen LogP) is 1.04. The van der Waals surface area contributed by atoms with Crippen molar-refractivity contribution < 1.29 is 14.4 Å². The summed E-state index contributed by atoms with van der Waals surface area (Å²) in [5.74, 6) is -1.72. The van der Waals surface area contributed by atoms with Gasteiger partial charge in [0.2, 0.25) is 0 Å². The Labute approximate surface area is 115 Å². The molecule has 4 amide bonds. The van der Waals surface area contributed by atoms with Gasteiger partial charge in [0, 0.05) is 6.54 Å². The topological polar surface area (TPSA) is 81.5 Å². The molecule has 1 heterocycles. The summed E-state index contributed by atoms with van der Waals surface area (Å²) in [7, 11) is 0. The van der Waals surface area contributed by atoms with Gasteiger partial charge in [-0.1, -0.05) is 18.2 Å². The molecule has 0 aromatic heterocycles. The molecule has 0 N–H and O–H groups in total. The van der Waals surface area contributed by atoms with Gasteiger partial charge in [-0.05, 0) is 17.7 Å². The van der Waals surface area contributed by atoms with Crippen LogP contribution in [0.5, 0.6) is 0 Å². The van der Waals surface area contributed by atoms with Gasteiger partial charge in [-0.25, -0.2) is 4.79 Å². The van der Waals surface area contributed by atoms with Crippen molar-refractivity contribution >= 4 is 17.8 Å². The van der Waals surface area contributed by atoms with Gasteiger partial charge < -0.3 is 0 Å². The van der Waals surface area contributed by atoms with E-state index in [4.69, 9.17) is 5.26 Å². The molecule has 0 radical (unpaired) electrons. The van der Waals surface area contributed by atoms with Crippen molar-refractivity contribution in [1.82, 2.24) is 9.80 Å². The first kappa shape index (κ1) is 13.5. The summed E-state index contributed by atoms with van der Waals surface area (Å²) in [6.45, 7) is 3.40. The molecule has 0 atom stereocenters. The normalized spacial score (nSPS) is 14.7. The maximum Gasteiger partial charge on any atom is 0.334 e. The molecule has 100 valence electrons. The van der Waals surface area contributed by atoms with Crippen LogP contribution >= 0.6 is 0 Å². The first-order chi connectivity index (χ1) is 9.58. The third kappa shape index (κ3) is 2.29. The van der Waals surface area contributed by atoms with Gasteiger partial charge in [-0.3, -0.25) is 19.4 Å². The van der Waals surface area contributed by atoms with Crippen LogP contribution in [0.3, 0.4) is 0 Å². The molecule has 0 spiro atoms. The first-order valence-electron chi connectivity index (χ1n) is 5.85. The Morgan fingerprint density at radius 2 is 1.90 bits per heavy atom. The Morgan fingerprint density at radius 1 is 1.20 bits per heavy atom. The molecule has 0 saturated carbocycles. The Balaban J connectivity index is 2.23. The number of hydrogen-bond acceptors (Lipinski definition) is 4. The van der Waals surface area contributed by atoms with E-state index in [2.05, 4.69) is 6.58 Å². The van der Waals surface area contributed by atoms with Crippen molar-refractivity contribution in [2.75, 3.05) is 6.54 Å². The summed E-state index contributed by atoms with van der Waals surface area (Å²) < 4.78 is 0. The second-order valence-electron chi connectivity index (χ2n) is 4.19. The van der Waals surface area contributed by atoms with E-state index in [1.165, 1.54) is 6.08 Å². The maximum absolute atomic E-state index is 12.0. The van der Waals surface area contributed by atoms with Gasteiger partial charge in [0.15, 0.2) is 0 Å². The van der Waals surface area contributed by atoms with Crippen molar-refractivity contribution in [1.29, 1.82) is 5.26 Å². The Bertz CT molecular complexity index is 645. The summed E-state index contributed by atoms with van der Waals surface area (Å²) in [6, 6.07) is 7.83. The zero-order chi connectivity index (χ0) is 14.7. The molecular formula is C14H11N3O3. The molecule has 2 rings (SSSR count). The number of imide groups is 2. The van der Waals surface area contributed by atoms with Gasteiger partial charge in [0.1, 0.15) is 0 Å². The second kappa shape index (κ2) is 5.36. The fourth-order valence-corrected chi connectivity index (χ4v) is 1.90. The Kier molecular flexibility index (Phi) is 3.62. The van der Waals surface area contributed by atoms with Crippen LogP contribution in [0.1, 0.15) is 11.1 Å². The lowest BCUT2D eigenvalue weighted by Gasteiger charge is -2.14. The molecular weight excluding hydrogens is 258 g/mol. The minimum absolute atomic E-state index is 0.00184. The highest BCUT2D eigenvalue weighted by atomic mass is 16.2. The third-order valence-electron chi connectivity index (χ3n) is 2.84. The number of rotatable bonds is 4. The van der Waals surface area contributed by atoms with Gasteiger partial charge in [-0.2, -0.15) is 5.26 Å². The largest absolute Gasteiger partial charge is 0.334 e. The Morgan fingerprint density at radius 3 is 2.55 bits per heavy atom. The minimum atomic E-state index is -0.862. The number of nitriles is 1. The number of carbonyl (C=O) groups is 3. The van der Waals surface area contributed by atoms with Crippen LogP contribution in [0.25, 0.3) is 0 Å². The van der Waals surface area contributed by atoms with E-state index in [0.29, 0.717) is 11.1 Å². The molecule has 1 aliphatic rings. The molecule has 6 nitrogen and oxygen atoms in total. The SMILES string of the molecule is C=CCN1C(=O)C(=O)N(Cc2cccc(C#N)c2)C1=O. The van der Waals surface area contributed by atoms with E-state index in [1.54, 1.807) is 24.3 Å². The van der Waals surface area contributed by atoms with Crippen LogP contribution in [0.2, 0.25) is 0 Å². The van der Waals surface area contributed by atoms with E-state index in [9.17, 15) is 14.4 Å². The fraction of sp³-hybridized carbons (Fsp3) is 0.143. The van der Waals surface area contributed by atoms with E-state index in [1.807, 2.05) is 6.07 Å². The highest BCUT2D eigenvalue weighted by Crippen LogP contribution is 2.16. The average Bonchev–Trinajstić information content (AvgIpc) is 2.65. The summed E-state index contributed by atoms with van der Waals surface area (Å²) in [5, 5.41) is 8.81. The summed E-state index contributed by atoms with van der Waals surface area (Å²) >= 11 is 0. The second-order valence-corrected chi connectivity index (χ2v) is 4.19. The standard InChI is InChI=1S/C14H11N3O3/c1-2-6-16-12(18)13(19)17(14(16)20)9-11-5-3-4-10(7-11)8-15/h2-5,7H,1,6,9H2. The van der Waals surface area contributed by atoms with Crippen LogP contribution in [0, 0.1) is 11.3 Å². The lowest BCUT2D eigenvalue weighted by atomic mass is 10.1. The quantitative estimate of drug-likeness (QED) is 0.464. The van der Waals surface area contributed by atoms with Gasteiger partial charge in [-0.15, -0.1) is 6.58 Å². The minimum Gasteiger partial charge on any atom is -0.263 e. The number of carbonyl (C=O) groups excluding carboxylic acids is 3. The van der Waals surface area contributed by atoms with Crippen LogP contribution in [0.4, 0.5) is 4.79 Å². The van der Waals surface area contributed by atoms with Crippen molar-refractivity contribution in [2.24, 2.45) is 0 Å². The first-order valence-corrected chi connectivity index (χ1v) is 5.85. The van der Waals surface area contributed by atoms with Crippen molar-refractivity contribution in [3.8, 4) is 6.07 Å². The summed E-state index contributed by atoms with van der Waals surface area (Å²) in [5.41, 5.74) is 1.04. The van der Waals surface area contributed by atoms with E-state index in [0.717, 1.165) is 9.80 Å². The van der Waals surface area contributed by atoms with Gasteiger partial charge in [0.05, 0.1) is 18.2 Å². The lowest BCUT2D eigenvalue weighted by molar-refractivity contribution is -0.143. The zero-order valence-corrected chi connectivity index (χ0v) is 10.6. The molecule has 0 unspecified atom stereocenters. The number of hydrogen-bond donors (Lipinski definition) is 0. The van der Waals surface area contributed by atoms with Crippen molar-refractivity contribution in [2.45, 2.75) is 6.54 Å². The van der Waals surface area contributed by atoms with E-state index in [-0.39, 0.29) is 13.1 Å². The van der Waals surface area contributed by atoms with E-state index >= 15 is 0 Å². The number of urea groups is 1. The molecule has 1 saturated heterocycles. The highest BCUT2D eigenvalue weighted by molar-refractivity contribution is 6.44. The molecule has 1 aromatic carbocycles. The zero-order valence-electron chi connectivity index (χ0n) is 10.6. The Hall–Kier alpha value is -2.94. The van der Waals surface area contributed by atoms with Crippen molar-refractivity contribution in [3.63, 3.8) is 0 Å². The van der Waals surface area contributed by atoms with Gasteiger partial charge >= 0.3 is 17.8 Å². The monoisotopic (exact) mass is 269 g/mol. The van der Waals surface area contributed by atoms with Gasteiger partial charge in [0.25, 0.3) is 0 Å². The molecule has 1 aliphatic heterocycles. The van der Waals surface area contributed by atoms with Crippen LogP contribution in [-0.2, 0) is 16.1 Å². The third-order valence-corrected chi connectivity index (χ3v) is 2.84. The summed E-state index contributed by atoms with van der Waals surface area (Å²) in [6.07, 6.45) is 1.38. The van der Waals surface area contributed by atoms with Crippen LogP contribution < -0.4 is 0 Å². The average molecular weight is 269 g/mol. The number of nitrogens with zero attached hydrogens (tertiary/aromatic N) is 3.